The number of nitrogens with one attached hydrogen (secondary N) is 1. The van der Waals surface area contributed by atoms with Crippen LogP contribution < -0.4 is 10.1 Å². The van der Waals surface area contributed by atoms with Crippen molar-refractivity contribution >= 4 is 15.9 Å². The summed E-state index contributed by atoms with van der Waals surface area (Å²) in [6.45, 7) is 1.06. The molecule has 1 saturated heterocycles. The number of benzene rings is 1. The number of methoxy groups -OCH3 is 1. The minimum atomic E-state index is -0.240. The average molecular weight is 302 g/mol. The van der Waals surface area contributed by atoms with E-state index in [9.17, 15) is 4.39 Å². The Morgan fingerprint density at radius 3 is 2.94 bits per heavy atom. The lowest BCUT2D eigenvalue weighted by atomic mass is 9.97. The summed E-state index contributed by atoms with van der Waals surface area (Å²) in [6, 6.07) is 3.44. The molecule has 2 rings (SSSR count). The van der Waals surface area contributed by atoms with Crippen LogP contribution in [-0.2, 0) is 6.42 Å². The van der Waals surface area contributed by atoms with Gasteiger partial charge in [0.1, 0.15) is 11.6 Å². The molecule has 1 aliphatic rings. The summed E-state index contributed by atoms with van der Waals surface area (Å²) in [4.78, 5) is 0. The molecule has 0 saturated carbocycles. The normalized spacial score (nSPS) is 20.3. The lowest BCUT2D eigenvalue weighted by Gasteiger charge is -2.24. The minimum absolute atomic E-state index is 0.240. The van der Waals surface area contributed by atoms with Gasteiger partial charge < -0.3 is 10.1 Å². The van der Waals surface area contributed by atoms with Crippen molar-refractivity contribution in [1.82, 2.24) is 5.32 Å². The molecule has 1 aromatic carbocycles. The SMILES string of the molecule is COc1cc(F)cc(CC2CCCCN2)c1Br. The smallest absolute Gasteiger partial charge is 0.136 e. The summed E-state index contributed by atoms with van der Waals surface area (Å²) in [5.41, 5.74) is 0.973. The second kappa shape index (κ2) is 5.83. The van der Waals surface area contributed by atoms with E-state index in [1.54, 1.807) is 13.2 Å². The summed E-state index contributed by atoms with van der Waals surface area (Å²) < 4.78 is 19.4. The van der Waals surface area contributed by atoms with Crippen LogP contribution >= 0.6 is 15.9 Å². The second-order valence-electron chi connectivity index (χ2n) is 4.43. The van der Waals surface area contributed by atoms with Crippen molar-refractivity contribution in [3.8, 4) is 5.75 Å². The van der Waals surface area contributed by atoms with Gasteiger partial charge in [0.05, 0.1) is 11.6 Å². The lowest BCUT2D eigenvalue weighted by molar-refractivity contribution is 0.393. The highest BCUT2D eigenvalue weighted by Gasteiger charge is 2.17. The van der Waals surface area contributed by atoms with Gasteiger partial charge in [0.2, 0.25) is 0 Å². The van der Waals surface area contributed by atoms with E-state index in [-0.39, 0.29) is 5.82 Å². The van der Waals surface area contributed by atoms with Crippen LogP contribution in [0.15, 0.2) is 16.6 Å². The number of rotatable bonds is 3. The Morgan fingerprint density at radius 2 is 2.29 bits per heavy atom. The molecule has 1 N–H and O–H groups in total. The van der Waals surface area contributed by atoms with Crippen molar-refractivity contribution in [2.75, 3.05) is 13.7 Å². The second-order valence-corrected chi connectivity index (χ2v) is 5.23. The monoisotopic (exact) mass is 301 g/mol. The molecule has 2 nitrogen and oxygen atoms in total. The van der Waals surface area contributed by atoms with Crippen LogP contribution in [0.1, 0.15) is 24.8 Å². The summed E-state index contributed by atoms with van der Waals surface area (Å²) in [5.74, 6) is 0.326. The van der Waals surface area contributed by atoms with E-state index in [2.05, 4.69) is 21.2 Å². The van der Waals surface area contributed by atoms with Gasteiger partial charge in [-0.05, 0) is 53.4 Å². The quantitative estimate of drug-likeness (QED) is 0.925. The number of piperidine rings is 1. The molecule has 0 aliphatic carbocycles. The molecule has 94 valence electrons. The van der Waals surface area contributed by atoms with E-state index in [0.29, 0.717) is 11.8 Å². The van der Waals surface area contributed by atoms with Crippen LogP contribution in [0.5, 0.6) is 5.75 Å². The third-order valence-corrected chi connectivity index (χ3v) is 4.08. The molecular formula is C13H17BrFNO. The van der Waals surface area contributed by atoms with Crippen molar-refractivity contribution in [1.29, 1.82) is 0 Å². The lowest BCUT2D eigenvalue weighted by Crippen LogP contribution is -2.35. The molecule has 1 aromatic rings. The molecule has 0 spiro atoms. The standard InChI is InChI=1S/C13H17BrFNO/c1-17-12-8-10(15)6-9(13(12)14)7-11-4-2-3-5-16-11/h6,8,11,16H,2-5,7H2,1H3. The molecule has 0 radical (unpaired) electrons. The van der Waals surface area contributed by atoms with Crippen LogP contribution in [0, 0.1) is 5.82 Å². The van der Waals surface area contributed by atoms with Crippen molar-refractivity contribution in [2.45, 2.75) is 31.7 Å². The highest BCUT2D eigenvalue weighted by atomic mass is 79.9. The van der Waals surface area contributed by atoms with E-state index < -0.39 is 0 Å². The third-order valence-electron chi connectivity index (χ3n) is 3.18. The topological polar surface area (TPSA) is 21.3 Å². The van der Waals surface area contributed by atoms with Crippen LogP contribution in [0.2, 0.25) is 0 Å². The summed E-state index contributed by atoms with van der Waals surface area (Å²) in [6.07, 6.45) is 4.49. The van der Waals surface area contributed by atoms with Crippen molar-refractivity contribution < 1.29 is 9.13 Å². The average Bonchev–Trinajstić information content (AvgIpc) is 2.34. The molecule has 0 bridgehead atoms. The summed E-state index contributed by atoms with van der Waals surface area (Å²) in [5, 5.41) is 3.47. The molecule has 1 heterocycles. The third kappa shape index (κ3) is 3.19. The summed E-state index contributed by atoms with van der Waals surface area (Å²) in [7, 11) is 1.56. The van der Waals surface area contributed by atoms with Crippen LogP contribution in [0.25, 0.3) is 0 Å². The van der Waals surface area contributed by atoms with E-state index in [1.165, 1.54) is 18.9 Å². The minimum Gasteiger partial charge on any atom is -0.495 e. The highest BCUT2D eigenvalue weighted by Crippen LogP contribution is 2.31. The van der Waals surface area contributed by atoms with Gasteiger partial charge in [-0.15, -0.1) is 0 Å². The number of hydrogen-bond acceptors (Lipinski definition) is 2. The Bertz CT molecular complexity index is 391. The van der Waals surface area contributed by atoms with Gasteiger partial charge in [-0.3, -0.25) is 0 Å². The maximum Gasteiger partial charge on any atom is 0.136 e. The predicted molar refractivity (Wildman–Crippen MR) is 70.0 cm³/mol. The van der Waals surface area contributed by atoms with Gasteiger partial charge in [-0.2, -0.15) is 0 Å². The molecule has 0 aromatic heterocycles. The molecule has 1 atom stereocenters. The number of ether oxygens (including phenoxy) is 1. The Kier molecular flexibility index (Phi) is 4.40. The van der Waals surface area contributed by atoms with Crippen LogP contribution in [0.4, 0.5) is 4.39 Å². The zero-order valence-corrected chi connectivity index (χ0v) is 11.5. The Balaban J connectivity index is 2.16. The molecule has 1 unspecified atom stereocenters. The van der Waals surface area contributed by atoms with Gasteiger partial charge in [0.25, 0.3) is 0 Å². The van der Waals surface area contributed by atoms with Crippen molar-refractivity contribution in [2.24, 2.45) is 0 Å². The van der Waals surface area contributed by atoms with Crippen molar-refractivity contribution in [3.63, 3.8) is 0 Å². The van der Waals surface area contributed by atoms with Gasteiger partial charge in [0, 0.05) is 12.1 Å². The Labute approximate surface area is 110 Å². The van der Waals surface area contributed by atoms with Gasteiger partial charge in [-0.25, -0.2) is 4.39 Å². The van der Waals surface area contributed by atoms with Crippen LogP contribution in [0.3, 0.4) is 0 Å². The molecule has 0 amide bonds. The largest absolute Gasteiger partial charge is 0.495 e. The fourth-order valence-corrected chi connectivity index (χ4v) is 2.83. The van der Waals surface area contributed by atoms with Crippen LogP contribution in [-0.4, -0.2) is 19.7 Å². The molecule has 17 heavy (non-hydrogen) atoms. The first-order chi connectivity index (χ1) is 8.20. The van der Waals surface area contributed by atoms with E-state index in [1.807, 2.05) is 0 Å². The molecule has 1 fully saturated rings. The molecular weight excluding hydrogens is 285 g/mol. The fraction of sp³-hybridized carbons (Fsp3) is 0.538. The van der Waals surface area contributed by atoms with E-state index in [0.717, 1.165) is 29.4 Å². The van der Waals surface area contributed by atoms with Gasteiger partial charge >= 0.3 is 0 Å². The van der Waals surface area contributed by atoms with Crippen molar-refractivity contribution in [3.05, 3.63) is 28.0 Å². The fourth-order valence-electron chi connectivity index (χ4n) is 2.28. The van der Waals surface area contributed by atoms with Gasteiger partial charge in [-0.1, -0.05) is 6.42 Å². The molecule has 1 aliphatic heterocycles. The first-order valence-electron chi connectivity index (χ1n) is 5.96. The van der Waals surface area contributed by atoms with E-state index in [4.69, 9.17) is 4.74 Å². The maximum atomic E-state index is 13.4. The van der Waals surface area contributed by atoms with E-state index >= 15 is 0 Å². The maximum absolute atomic E-state index is 13.4. The molecule has 4 heteroatoms. The summed E-state index contributed by atoms with van der Waals surface area (Å²) >= 11 is 3.48. The Morgan fingerprint density at radius 1 is 1.47 bits per heavy atom. The predicted octanol–water partition coefficient (Wildman–Crippen LogP) is 3.28. The first-order valence-corrected chi connectivity index (χ1v) is 6.75. The Hall–Kier alpha value is -0.610. The zero-order valence-electron chi connectivity index (χ0n) is 9.93. The zero-order chi connectivity index (χ0) is 12.3. The number of hydrogen-bond donors (Lipinski definition) is 1. The number of halogens is 2. The van der Waals surface area contributed by atoms with Gasteiger partial charge in [0.15, 0.2) is 0 Å². The highest BCUT2D eigenvalue weighted by molar-refractivity contribution is 9.10. The first kappa shape index (κ1) is 12.8.